The Kier molecular flexibility index (Phi) is 6.66. The zero-order chi connectivity index (χ0) is 25.4. The second kappa shape index (κ2) is 9.89. The number of imidazole rings is 1. The fourth-order valence-electron chi connectivity index (χ4n) is 5.78. The monoisotopic (exact) mass is 493 g/mol. The van der Waals surface area contributed by atoms with Gasteiger partial charge >= 0.3 is 5.69 Å². The third-order valence-electron chi connectivity index (χ3n) is 7.69. The zero-order valence-electron chi connectivity index (χ0n) is 20.7. The third-order valence-corrected chi connectivity index (χ3v) is 7.69. The van der Waals surface area contributed by atoms with E-state index in [0.29, 0.717) is 24.2 Å². The van der Waals surface area contributed by atoms with Crippen molar-refractivity contribution in [2.24, 2.45) is 14.1 Å². The number of fused-ring (bicyclic) bond motifs is 2. The quantitative estimate of drug-likeness (QED) is 0.593. The average Bonchev–Trinajstić information content (AvgIpc) is 3.33. The Balaban J connectivity index is 1.30. The average molecular weight is 494 g/mol. The lowest BCUT2D eigenvalue weighted by Gasteiger charge is -2.37. The van der Waals surface area contributed by atoms with E-state index in [9.17, 15) is 18.8 Å². The van der Waals surface area contributed by atoms with Crippen molar-refractivity contribution in [3.05, 3.63) is 64.3 Å². The Morgan fingerprint density at radius 2 is 1.78 bits per heavy atom. The summed E-state index contributed by atoms with van der Waals surface area (Å²) in [6.45, 7) is 1.17. The van der Waals surface area contributed by atoms with E-state index in [1.54, 1.807) is 47.5 Å². The second-order valence-corrected chi connectivity index (χ2v) is 9.90. The number of benzene rings is 2. The Morgan fingerprint density at radius 1 is 1.00 bits per heavy atom. The van der Waals surface area contributed by atoms with Gasteiger partial charge in [-0.05, 0) is 43.5 Å². The van der Waals surface area contributed by atoms with Gasteiger partial charge in [-0.2, -0.15) is 0 Å². The van der Waals surface area contributed by atoms with Gasteiger partial charge in [0, 0.05) is 56.9 Å². The van der Waals surface area contributed by atoms with Crippen molar-refractivity contribution in [2.75, 3.05) is 18.4 Å². The topological polar surface area (TPSA) is 79.6 Å². The summed E-state index contributed by atoms with van der Waals surface area (Å²) in [7, 11) is 3.44. The summed E-state index contributed by atoms with van der Waals surface area (Å²) < 4.78 is 17.5. The van der Waals surface area contributed by atoms with E-state index < -0.39 is 0 Å². The molecule has 190 valence electrons. The van der Waals surface area contributed by atoms with Crippen molar-refractivity contribution < 1.29 is 14.0 Å². The van der Waals surface area contributed by atoms with Crippen molar-refractivity contribution in [2.45, 2.75) is 50.7 Å². The first-order valence-corrected chi connectivity index (χ1v) is 12.6. The zero-order valence-corrected chi connectivity index (χ0v) is 20.7. The van der Waals surface area contributed by atoms with Crippen LogP contribution in [0.25, 0.3) is 11.0 Å². The number of likely N-dealkylation sites (tertiary alicyclic amines) is 2. The van der Waals surface area contributed by atoms with E-state index in [4.69, 9.17) is 0 Å². The van der Waals surface area contributed by atoms with Crippen molar-refractivity contribution in [1.29, 1.82) is 0 Å². The minimum absolute atomic E-state index is 0.0413. The predicted molar refractivity (Wildman–Crippen MR) is 136 cm³/mol. The Morgan fingerprint density at radius 3 is 2.58 bits per heavy atom. The summed E-state index contributed by atoms with van der Waals surface area (Å²) in [6, 6.07) is 12.1. The molecule has 2 fully saturated rings. The van der Waals surface area contributed by atoms with E-state index in [2.05, 4.69) is 10.2 Å². The molecular formula is C27H32FN5O3. The fourth-order valence-corrected chi connectivity index (χ4v) is 5.78. The highest BCUT2D eigenvalue weighted by molar-refractivity contribution is 5.94. The van der Waals surface area contributed by atoms with Gasteiger partial charge < -0.3 is 10.2 Å². The Labute approximate surface area is 209 Å². The first-order valence-electron chi connectivity index (χ1n) is 12.6. The molecule has 5 rings (SSSR count). The minimum Gasteiger partial charge on any atom is -0.334 e. The van der Waals surface area contributed by atoms with Crippen LogP contribution in [0.5, 0.6) is 0 Å². The molecular weight excluding hydrogens is 461 g/mol. The standard InChI is InChI=1S/C27H32FN5O3/c1-30-21-12-11-19(15-24(21)31(2)27(30)36)29-25(34)17-32-14-13-23-22(32)9-5-6-10-26(35)33(23)16-18-7-3-4-8-20(18)28/h3-4,7-8,11-12,15,22-23H,5-6,9-10,13-14,16-17H2,1-2H3,(H,29,34)/t22-,23+/m1/s1. The number of rotatable bonds is 5. The largest absolute Gasteiger partial charge is 0.334 e. The molecule has 1 N–H and O–H groups in total. The molecule has 2 saturated heterocycles. The van der Waals surface area contributed by atoms with Crippen LogP contribution in [0.3, 0.4) is 0 Å². The molecule has 2 aromatic carbocycles. The van der Waals surface area contributed by atoms with Crippen LogP contribution in [-0.2, 0) is 30.2 Å². The molecule has 0 saturated carbocycles. The number of aryl methyl sites for hydroxylation is 2. The molecule has 0 spiro atoms. The lowest BCUT2D eigenvalue weighted by Crippen LogP contribution is -2.49. The molecule has 9 heteroatoms. The van der Waals surface area contributed by atoms with Gasteiger partial charge in [-0.1, -0.05) is 24.6 Å². The van der Waals surface area contributed by atoms with Crippen molar-refractivity contribution in [3.8, 4) is 0 Å². The number of hydrogen-bond acceptors (Lipinski definition) is 4. The molecule has 3 heterocycles. The van der Waals surface area contributed by atoms with Crippen LogP contribution in [0.2, 0.25) is 0 Å². The fraction of sp³-hybridized carbons (Fsp3) is 0.444. The summed E-state index contributed by atoms with van der Waals surface area (Å²) in [4.78, 5) is 42.2. The first-order chi connectivity index (χ1) is 17.3. The van der Waals surface area contributed by atoms with Gasteiger partial charge in [0.25, 0.3) is 0 Å². The number of nitrogens with one attached hydrogen (secondary N) is 1. The van der Waals surface area contributed by atoms with Crippen LogP contribution in [0.1, 0.15) is 37.7 Å². The van der Waals surface area contributed by atoms with E-state index in [1.807, 2.05) is 17.0 Å². The number of carbonyl (C=O) groups is 2. The third kappa shape index (κ3) is 4.55. The first kappa shape index (κ1) is 24.2. The molecule has 8 nitrogen and oxygen atoms in total. The van der Waals surface area contributed by atoms with Crippen LogP contribution in [0, 0.1) is 5.82 Å². The van der Waals surface area contributed by atoms with Gasteiger partial charge in [0.05, 0.1) is 17.6 Å². The molecule has 0 bridgehead atoms. The molecule has 2 aliphatic rings. The molecule has 0 aliphatic carbocycles. The van der Waals surface area contributed by atoms with Crippen LogP contribution < -0.4 is 11.0 Å². The summed E-state index contributed by atoms with van der Waals surface area (Å²) in [5.74, 6) is -0.378. The number of anilines is 1. The number of nitrogens with zero attached hydrogens (tertiary/aromatic N) is 4. The molecule has 2 atom stereocenters. The molecule has 2 amide bonds. The SMILES string of the molecule is Cn1c(=O)n(C)c2cc(NC(=O)CN3CC[C@H]4[C@H]3CCCCC(=O)N4Cc3ccccc3F)ccc21. The van der Waals surface area contributed by atoms with Gasteiger partial charge in [-0.3, -0.25) is 23.6 Å². The van der Waals surface area contributed by atoms with Gasteiger partial charge in [0.15, 0.2) is 0 Å². The molecule has 1 aromatic heterocycles. The van der Waals surface area contributed by atoms with Gasteiger partial charge in [-0.15, -0.1) is 0 Å². The number of amides is 2. The molecule has 3 aromatic rings. The molecule has 0 unspecified atom stereocenters. The highest BCUT2D eigenvalue weighted by Crippen LogP contribution is 2.31. The van der Waals surface area contributed by atoms with E-state index >= 15 is 0 Å². The highest BCUT2D eigenvalue weighted by atomic mass is 19.1. The normalized spacial score (nSPS) is 20.9. The van der Waals surface area contributed by atoms with Gasteiger partial charge in [0.2, 0.25) is 11.8 Å². The number of carbonyl (C=O) groups excluding carboxylic acids is 2. The molecule has 36 heavy (non-hydrogen) atoms. The van der Waals surface area contributed by atoms with Gasteiger partial charge in [0.1, 0.15) is 5.82 Å². The summed E-state index contributed by atoms with van der Waals surface area (Å²) in [5, 5.41) is 2.97. The lowest BCUT2D eigenvalue weighted by molar-refractivity contribution is -0.135. The molecule has 0 radical (unpaired) electrons. The highest BCUT2D eigenvalue weighted by Gasteiger charge is 2.41. The van der Waals surface area contributed by atoms with Crippen molar-refractivity contribution in [1.82, 2.24) is 18.9 Å². The number of aromatic nitrogens is 2. The van der Waals surface area contributed by atoms with Crippen molar-refractivity contribution in [3.63, 3.8) is 0 Å². The number of hydrogen-bond donors (Lipinski definition) is 1. The maximum atomic E-state index is 14.4. The van der Waals surface area contributed by atoms with Crippen LogP contribution >= 0.6 is 0 Å². The van der Waals surface area contributed by atoms with Gasteiger partial charge in [-0.25, -0.2) is 9.18 Å². The summed E-state index contributed by atoms with van der Waals surface area (Å²) in [5.41, 5.74) is 2.60. The van der Waals surface area contributed by atoms with Crippen LogP contribution in [0.15, 0.2) is 47.3 Å². The Bertz CT molecular complexity index is 1360. The second-order valence-electron chi connectivity index (χ2n) is 9.90. The lowest BCUT2D eigenvalue weighted by atomic mass is 9.96. The smallest absolute Gasteiger partial charge is 0.328 e. The van der Waals surface area contributed by atoms with Crippen LogP contribution in [0.4, 0.5) is 10.1 Å². The summed E-state index contributed by atoms with van der Waals surface area (Å²) in [6.07, 6.45) is 3.86. The predicted octanol–water partition coefficient (Wildman–Crippen LogP) is 3.00. The summed E-state index contributed by atoms with van der Waals surface area (Å²) >= 11 is 0. The van der Waals surface area contributed by atoms with E-state index in [-0.39, 0.29) is 48.5 Å². The van der Waals surface area contributed by atoms with Crippen LogP contribution in [-0.4, -0.2) is 55.9 Å². The maximum Gasteiger partial charge on any atom is 0.328 e. The molecule has 2 aliphatic heterocycles. The van der Waals surface area contributed by atoms with Crippen molar-refractivity contribution >= 4 is 28.5 Å². The Hall–Kier alpha value is -3.46. The number of halogens is 1. The maximum absolute atomic E-state index is 14.4. The van der Waals surface area contributed by atoms with E-state index in [0.717, 1.165) is 36.7 Å². The van der Waals surface area contributed by atoms with E-state index in [1.165, 1.54) is 6.07 Å². The minimum atomic E-state index is -0.300.